The molecule has 2 rings (SSSR count). The SMILES string of the molecule is CC(=O)N1CCC(NC2CCCC(C)(C)CC2)CC1. The Morgan fingerprint density at radius 3 is 2.32 bits per heavy atom. The highest BCUT2D eigenvalue weighted by molar-refractivity contribution is 5.73. The highest BCUT2D eigenvalue weighted by atomic mass is 16.2. The fraction of sp³-hybridized carbons (Fsp3) is 0.938. The summed E-state index contributed by atoms with van der Waals surface area (Å²) < 4.78 is 0. The Bertz CT molecular complexity index is 306. The number of hydrogen-bond acceptors (Lipinski definition) is 2. The van der Waals surface area contributed by atoms with Gasteiger partial charge in [-0.3, -0.25) is 4.79 Å². The average molecular weight is 266 g/mol. The first-order chi connectivity index (χ1) is 8.96. The Morgan fingerprint density at radius 1 is 1.05 bits per heavy atom. The van der Waals surface area contributed by atoms with Crippen LogP contribution in [0.15, 0.2) is 0 Å². The number of nitrogens with zero attached hydrogens (tertiary/aromatic N) is 1. The Labute approximate surface area is 118 Å². The van der Waals surface area contributed by atoms with Crippen LogP contribution >= 0.6 is 0 Å². The third-order valence-electron chi connectivity index (χ3n) is 4.99. The van der Waals surface area contributed by atoms with Gasteiger partial charge in [-0.1, -0.05) is 20.3 Å². The number of rotatable bonds is 2. The van der Waals surface area contributed by atoms with Crippen LogP contribution in [0.4, 0.5) is 0 Å². The van der Waals surface area contributed by atoms with Crippen molar-refractivity contribution in [3.63, 3.8) is 0 Å². The van der Waals surface area contributed by atoms with E-state index in [1.54, 1.807) is 6.92 Å². The predicted molar refractivity (Wildman–Crippen MR) is 79.1 cm³/mol. The summed E-state index contributed by atoms with van der Waals surface area (Å²) in [4.78, 5) is 13.3. The normalized spacial score (nSPS) is 29.0. The Hall–Kier alpha value is -0.570. The largest absolute Gasteiger partial charge is 0.343 e. The number of carbonyl (C=O) groups is 1. The molecule has 1 aliphatic carbocycles. The zero-order valence-corrected chi connectivity index (χ0v) is 12.9. The van der Waals surface area contributed by atoms with Crippen molar-refractivity contribution in [1.82, 2.24) is 10.2 Å². The molecule has 2 aliphatic rings. The van der Waals surface area contributed by atoms with Crippen molar-refractivity contribution in [2.24, 2.45) is 5.41 Å². The van der Waals surface area contributed by atoms with Crippen LogP contribution in [-0.4, -0.2) is 36.0 Å². The van der Waals surface area contributed by atoms with Gasteiger partial charge in [0.15, 0.2) is 0 Å². The van der Waals surface area contributed by atoms with E-state index in [9.17, 15) is 4.79 Å². The van der Waals surface area contributed by atoms with Crippen LogP contribution in [0.3, 0.4) is 0 Å². The highest BCUT2D eigenvalue weighted by Gasteiger charge is 2.27. The maximum absolute atomic E-state index is 11.3. The second-order valence-corrected chi connectivity index (χ2v) is 7.24. The van der Waals surface area contributed by atoms with Crippen molar-refractivity contribution in [2.75, 3.05) is 13.1 Å². The standard InChI is InChI=1S/C16H30N2O/c1-13(19)18-11-7-15(8-12-18)17-14-5-4-9-16(2,3)10-6-14/h14-15,17H,4-12H2,1-3H3. The maximum Gasteiger partial charge on any atom is 0.219 e. The van der Waals surface area contributed by atoms with Gasteiger partial charge in [0.05, 0.1) is 0 Å². The van der Waals surface area contributed by atoms with E-state index >= 15 is 0 Å². The van der Waals surface area contributed by atoms with E-state index in [1.807, 2.05) is 4.90 Å². The van der Waals surface area contributed by atoms with Crippen molar-refractivity contribution in [1.29, 1.82) is 0 Å². The van der Waals surface area contributed by atoms with Crippen LogP contribution in [0, 0.1) is 5.41 Å². The second kappa shape index (κ2) is 6.25. The number of amides is 1. The average Bonchev–Trinajstić information content (AvgIpc) is 2.52. The number of hydrogen-bond donors (Lipinski definition) is 1. The first-order valence-corrected chi connectivity index (χ1v) is 7.98. The van der Waals surface area contributed by atoms with E-state index in [0.717, 1.165) is 25.9 Å². The molecule has 1 heterocycles. The van der Waals surface area contributed by atoms with Crippen LogP contribution in [0.1, 0.15) is 65.7 Å². The Morgan fingerprint density at radius 2 is 1.68 bits per heavy atom. The zero-order valence-electron chi connectivity index (χ0n) is 12.9. The molecule has 1 saturated carbocycles. The molecule has 1 unspecified atom stereocenters. The minimum atomic E-state index is 0.231. The molecule has 1 amide bonds. The van der Waals surface area contributed by atoms with E-state index < -0.39 is 0 Å². The minimum Gasteiger partial charge on any atom is -0.343 e. The Kier molecular flexibility index (Phi) is 4.88. The molecule has 2 fully saturated rings. The lowest BCUT2D eigenvalue weighted by atomic mass is 9.85. The predicted octanol–water partition coefficient (Wildman–Crippen LogP) is 2.95. The highest BCUT2D eigenvalue weighted by Crippen LogP contribution is 2.34. The molecule has 1 atom stereocenters. The van der Waals surface area contributed by atoms with Gasteiger partial charge in [-0.15, -0.1) is 0 Å². The van der Waals surface area contributed by atoms with Crippen molar-refractivity contribution in [3.8, 4) is 0 Å². The second-order valence-electron chi connectivity index (χ2n) is 7.24. The van der Waals surface area contributed by atoms with Gasteiger partial charge in [-0.25, -0.2) is 0 Å². The fourth-order valence-electron chi connectivity index (χ4n) is 3.52. The van der Waals surface area contributed by atoms with Crippen LogP contribution in [0.25, 0.3) is 0 Å². The van der Waals surface area contributed by atoms with Gasteiger partial charge < -0.3 is 10.2 Å². The third kappa shape index (κ3) is 4.48. The molecule has 0 aromatic carbocycles. The molecule has 3 nitrogen and oxygen atoms in total. The van der Waals surface area contributed by atoms with E-state index in [1.165, 1.54) is 32.1 Å². The molecule has 0 aromatic heterocycles. The number of likely N-dealkylation sites (tertiary alicyclic amines) is 1. The van der Waals surface area contributed by atoms with Crippen LogP contribution in [0.2, 0.25) is 0 Å². The van der Waals surface area contributed by atoms with Crippen molar-refractivity contribution < 1.29 is 4.79 Å². The first-order valence-electron chi connectivity index (χ1n) is 7.98. The van der Waals surface area contributed by atoms with Crippen molar-refractivity contribution in [3.05, 3.63) is 0 Å². The first kappa shape index (κ1) is 14.8. The van der Waals surface area contributed by atoms with Crippen LogP contribution in [0.5, 0.6) is 0 Å². The summed E-state index contributed by atoms with van der Waals surface area (Å²) in [7, 11) is 0. The zero-order chi connectivity index (χ0) is 13.9. The van der Waals surface area contributed by atoms with Crippen molar-refractivity contribution >= 4 is 5.91 Å². The summed E-state index contributed by atoms with van der Waals surface area (Å²) in [5.74, 6) is 0.231. The summed E-state index contributed by atoms with van der Waals surface area (Å²) in [5, 5.41) is 3.86. The monoisotopic (exact) mass is 266 g/mol. The summed E-state index contributed by atoms with van der Waals surface area (Å²) in [6.45, 7) is 8.36. The number of carbonyl (C=O) groups excluding carboxylic acids is 1. The lowest BCUT2D eigenvalue weighted by Gasteiger charge is -2.34. The van der Waals surface area contributed by atoms with Gasteiger partial charge in [-0.05, 0) is 43.9 Å². The van der Waals surface area contributed by atoms with E-state index in [-0.39, 0.29) is 5.91 Å². The topological polar surface area (TPSA) is 32.3 Å². The van der Waals surface area contributed by atoms with E-state index in [0.29, 0.717) is 17.5 Å². The van der Waals surface area contributed by atoms with Crippen LogP contribution in [-0.2, 0) is 4.79 Å². The maximum atomic E-state index is 11.3. The van der Waals surface area contributed by atoms with Gasteiger partial charge in [0.25, 0.3) is 0 Å². The van der Waals surface area contributed by atoms with Gasteiger partial charge in [0, 0.05) is 32.1 Å². The number of piperidine rings is 1. The van der Waals surface area contributed by atoms with Gasteiger partial charge in [0.1, 0.15) is 0 Å². The van der Waals surface area contributed by atoms with Gasteiger partial charge >= 0.3 is 0 Å². The van der Waals surface area contributed by atoms with Crippen molar-refractivity contribution in [2.45, 2.75) is 77.8 Å². The van der Waals surface area contributed by atoms with Gasteiger partial charge in [0.2, 0.25) is 5.91 Å². The molecule has 1 aliphatic heterocycles. The molecular formula is C16H30N2O. The molecule has 0 aromatic rings. The smallest absolute Gasteiger partial charge is 0.219 e. The van der Waals surface area contributed by atoms with E-state index in [2.05, 4.69) is 19.2 Å². The molecule has 0 radical (unpaired) electrons. The van der Waals surface area contributed by atoms with Gasteiger partial charge in [-0.2, -0.15) is 0 Å². The summed E-state index contributed by atoms with van der Waals surface area (Å²) >= 11 is 0. The summed E-state index contributed by atoms with van der Waals surface area (Å²) in [6.07, 6.45) is 8.97. The summed E-state index contributed by atoms with van der Waals surface area (Å²) in [5.41, 5.74) is 0.536. The lowest BCUT2D eigenvalue weighted by molar-refractivity contribution is -0.129. The molecule has 1 N–H and O–H groups in total. The quantitative estimate of drug-likeness (QED) is 0.779. The molecule has 0 spiro atoms. The fourth-order valence-corrected chi connectivity index (χ4v) is 3.52. The minimum absolute atomic E-state index is 0.231. The molecular weight excluding hydrogens is 236 g/mol. The van der Waals surface area contributed by atoms with E-state index in [4.69, 9.17) is 0 Å². The molecule has 19 heavy (non-hydrogen) atoms. The molecule has 110 valence electrons. The molecule has 3 heteroatoms. The molecule has 0 bridgehead atoms. The summed E-state index contributed by atoms with van der Waals surface area (Å²) in [6, 6.07) is 1.33. The Balaban J connectivity index is 1.75. The van der Waals surface area contributed by atoms with Crippen LogP contribution < -0.4 is 5.32 Å². The lowest BCUT2D eigenvalue weighted by Crippen LogP contribution is -2.47. The third-order valence-corrected chi connectivity index (χ3v) is 4.99. The molecule has 1 saturated heterocycles. The number of nitrogens with one attached hydrogen (secondary N) is 1.